The van der Waals surface area contributed by atoms with Crippen molar-refractivity contribution in [1.29, 1.82) is 0 Å². The lowest BCUT2D eigenvalue weighted by atomic mass is 9.95. The molecule has 3 fully saturated rings. The van der Waals surface area contributed by atoms with Crippen LogP contribution in [0.1, 0.15) is 39.5 Å². The fourth-order valence-electron chi connectivity index (χ4n) is 3.50. The second kappa shape index (κ2) is 4.25. The van der Waals surface area contributed by atoms with Gasteiger partial charge in [-0.2, -0.15) is 0 Å². The van der Waals surface area contributed by atoms with Crippen molar-refractivity contribution in [2.45, 2.75) is 51.6 Å². The number of amides is 2. The minimum Gasteiger partial charge on any atom is -0.342 e. The second-order valence-electron chi connectivity index (χ2n) is 6.33. The van der Waals surface area contributed by atoms with E-state index in [1.54, 1.807) is 0 Å². The van der Waals surface area contributed by atoms with Crippen molar-refractivity contribution >= 4 is 11.8 Å². The standard InChI is InChI=1S/C14H22N2O2/c1-8-3-6-11(9(8)2)16-7-12(17)15-13(14(16)18)10-4-5-10/h8-11,13H,3-7H2,1-2H3,(H,15,17). The topological polar surface area (TPSA) is 49.4 Å². The molecule has 0 radical (unpaired) electrons. The van der Waals surface area contributed by atoms with Crippen LogP contribution in [0.3, 0.4) is 0 Å². The van der Waals surface area contributed by atoms with Crippen molar-refractivity contribution in [2.24, 2.45) is 17.8 Å². The summed E-state index contributed by atoms with van der Waals surface area (Å²) in [6.07, 6.45) is 4.40. The molecule has 1 heterocycles. The molecular weight excluding hydrogens is 228 g/mol. The van der Waals surface area contributed by atoms with Gasteiger partial charge in [0.05, 0.1) is 6.54 Å². The van der Waals surface area contributed by atoms with Crippen LogP contribution >= 0.6 is 0 Å². The molecular formula is C14H22N2O2. The summed E-state index contributed by atoms with van der Waals surface area (Å²) in [6.45, 7) is 4.73. The number of hydrogen-bond acceptors (Lipinski definition) is 2. The molecule has 0 aromatic carbocycles. The predicted octanol–water partition coefficient (Wildman–Crippen LogP) is 1.16. The average Bonchev–Trinajstić information content (AvgIpc) is 3.11. The molecule has 1 saturated heterocycles. The Morgan fingerprint density at radius 3 is 2.39 bits per heavy atom. The van der Waals surface area contributed by atoms with Crippen LogP contribution in [0.2, 0.25) is 0 Å². The number of carbonyl (C=O) groups is 2. The van der Waals surface area contributed by atoms with Gasteiger partial charge >= 0.3 is 0 Å². The molecule has 0 bridgehead atoms. The lowest BCUT2D eigenvalue weighted by molar-refractivity contribution is -0.148. The summed E-state index contributed by atoms with van der Waals surface area (Å²) < 4.78 is 0. The molecule has 1 N–H and O–H groups in total. The molecule has 2 amide bonds. The fourth-order valence-corrected chi connectivity index (χ4v) is 3.50. The van der Waals surface area contributed by atoms with E-state index in [1.807, 2.05) is 4.90 Å². The maximum atomic E-state index is 12.5. The summed E-state index contributed by atoms with van der Waals surface area (Å²) in [6, 6.07) is 0.0501. The van der Waals surface area contributed by atoms with Crippen LogP contribution < -0.4 is 5.32 Å². The molecule has 100 valence electrons. The van der Waals surface area contributed by atoms with Crippen LogP contribution in [-0.2, 0) is 9.59 Å². The monoisotopic (exact) mass is 250 g/mol. The third-order valence-electron chi connectivity index (χ3n) is 5.10. The lowest BCUT2D eigenvalue weighted by Gasteiger charge is -2.38. The van der Waals surface area contributed by atoms with Crippen molar-refractivity contribution in [2.75, 3.05) is 6.54 Å². The molecule has 1 aliphatic heterocycles. The van der Waals surface area contributed by atoms with Gasteiger partial charge in [0, 0.05) is 6.04 Å². The molecule has 2 aliphatic carbocycles. The van der Waals surface area contributed by atoms with Gasteiger partial charge in [-0.1, -0.05) is 13.8 Å². The Morgan fingerprint density at radius 2 is 1.83 bits per heavy atom. The van der Waals surface area contributed by atoms with Crippen LogP contribution in [0.15, 0.2) is 0 Å². The molecule has 4 atom stereocenters. The van der Waals surface area contributed by atoms with Gasteiger partial charge in [-0.05, 0) is 43.4 Å². The Bertz CT molecular complexity index is 378. The minimum atomic E-state index is -0.227. The molecule has 4 unspecified atom stereocenters. The number of rotatable bonds is 2. The largest absolute Gasteiger partial charge is 0.342 e. The highest BCUT2D eigenvalue weighted by molar-refractivity contribution is 5.95. The van der Waals surface area contributed by atoms with E-state index < -0.39 is 0 Å². The van der Waals surface area contributed by atoms with Crippen LogP contribution in [0, 0.1) is 17.8 Å². The molecule has 2 saturated carbocycles. The molecule has 18 heavy (non-hydrogen) atoms. The van der Waals surface area contributed by atoms with E-state index in [2.05, 4.69) is 19.2 Å². The number of nitrogens with one attached hydrogen (secondary N) is 1. The Kier molecular flexibility index (Phi) is 2.83. The van der Waals surface area contributed by atoms with E-state index in [-0.39, 0.29) is 30.4 Å². The predicted molar refractivity (Wildman–Crippen MR) is 67.7 cm³/mol. The summed E-state index contributed by atoms with van der Waals surface area (Å²) in [5.74, 6) is 1.77. The van der Waals surface area contributed by atoms with Crippen molar-refractivity contribution in [3.05, 3.63) is 0 Å². The highest BCUT2D eigenvalue weighted by Gasteiger charge is 2.46. The fraction of sp³-hybridized carbons (Fsp3) is 0.857. The number of nitrogens with zero attached hydrogens (tertiary/aromatic N) is 1. The summed E-state index contributed by atoms with van der Waals surface area (Å²) in [5.41, 5.74) is 0. The Labute approximate surface area is 108 Å². The smallest absolute Gasteiger partial charge is 0.246 e. The maximum Gasteiger partial charge on any atom is 0.246 e. The zero-order valence-corrected chi connectivity index (χ0v) is 11.2. The van der Waals surface area contributed by atoms with Crippen molar-refractivity contribution in [1.82, 2.24) is 10.2 Å². The Balaban J connectivity index is 1.77. The SMILES string of the molecule is CC1CCC(N2CC(=O)NC(C3CC3)C2=O)C1C. The van der Waals surface area contributed by atoms with Crippen molar-refractivity contribution in [3.8, 4) is 0 Å². The van der Waals surface area contributed by atoms with Gasteiger partial charge in [-0.3, -0.25) is 9.59 Å². The molecule has 3 rings (SSSR count). The first-order valence-corrected chi connectivity index (χ1v) is 7.17. The zero-order chi connectivity index (χ0) is 12.9. The van der Waals surface area contributed by atoms with Crippen LogP contribution in [-0.4, -0.2) is 35.3 Å². The van der Waals surface area contributed by atoms with E-state index in [0.29, 0.717) is 17.8 Å². The maximum absolute atomic E-state index is 12.5. The highest BCUT2D eigenvalue weighted by Crippen LogP contribution is 2.38. The number of carbonyl (C=O) groups excluding carboxylic acids is 2. The minimum absolute atomic E-state index is 0.0262. The quantitative estimate of drug-likeness (QED) is 0.799. The van der Waals surface area contributed by atoms with Gasteiger partial charge in [0.15, 0.2) is 0 Å². The molecule has 0 aromatic rings. The first-order chi connectivity index (χ1) is 8.58. The van der Waals surface area contributed by atoms with Crippen molar-refractivity contribution < 1.29 is 9.59 Å². The normalized spacial score (nSPS) is 41.1. The molecule has 3 aliphatic rings. The van der Waals surface area contributed by atoms with Gasteiger partial charge in [0.2, 0.25) is 11.8 Å². The number of hydrogen-bond donors (Lipinski definition) is 1. The van der Waals surface area contributed by atoms with E-state index in [4.69, 9.17) is 0 Å². The zero-order valence-electron chi connectivity index (χ0n) is 11.2. The number of piperazine rings is 1. The van der Waals surface area contributed by atoms with Crippen LogP contribution in [0.5, 0.6) is 0 Å². The van der Waals surface area contributed by atoms with E-state index in [9.17, 15) is 9.59 Å². The second-order valence-corrected chi connectivity index (χ2v) is 6.33. The first kappa shape index (κ1) is 12.0. The van der Waals surface area contributed by atoms with Crippen molar-refractivity contribution in [3.63, 3.8) is 0 Å². The lowest BCUT2D eigenvalue weighted by Crippen LogP contribution is -2.61. The summed E-state index contributed by atoms with van der Waals surface area (Å²) in [5, 5.41) is 2.88. The summed E-state index contributed by atoms with van der Waals surface area (Å²) in [4.78, 5) is 26.2. The molecule has 0 spiro atoms. The van der Waals surface area contributed by atoms with Crippen LogP contribution in [0.4, 0.5) is 0 Å². The summed E-state index contributed by atoms with van der Waals surface area (Å²) in [7, 11) is 0. The van der Waals surface area contributed by atoms with Gasteiger partial charge < -0.3 is 10.2 Å². The van der Waals surface area contributed by atoms with E-state index in [0.717, 1.165) is 19.3 Å². The van der Waals surface area contributed by atoms with E-state index in [1.165, 1.54) is 6.42 Å². The van der Waals surface area contributed by atoms with Gasteiger partial charge in [-0.25, -0.2) is 0 Å². The first-order valence-electron chi connectivity index (χ1n) is 7.17. The summed E-state index contributed by atoms with van der Waals surface area (Å²) >= 11 is 0. The molecule has 4 heteroatoms. The molecule has 4 nitrogen and oxygen atoms in total. The third-order valence-corrected chi connectivity index (χ3v) is 5.10. The average molecular weight is 250 g/mol. The van der Waals surface area contributed by atoms with Crippen LogP contribution in [0.25, 0.3) is 0 Å². The third kappa shape index (κ3) is 1.91. The van der Waals surface area contributed by atoms with Gasteiger partial charge in [-0.15, -0.1) is 0 Å². The molecule has 0 aromatic heterocycles. The van der Waals surface area contributed by atoms with Gasteiger partial charge in [0.1, 0.15) is 6.04 Å². The van der Waals surface area contributed by atoms with E-state index >= 15 is 0 Å². The Hall–Kier alpha value is -1.06. The highest BCUT2D eigenvalue weighted by atomic mass is 16.2. The Morgan fingerprint density at radius 1 is 1.11 bits per heavy atom. The van der Waals surface area contributed by atoms with Gasteiger partial charge in [0.25, 0.3) is 0 Å².